The normalized spacial score (nSPS) is 20.2. The molecule has 1 fully saturated rings. The number of sulfone groups is 1. The second kappa shape index (κ2) is 7.51. The van der Waals surface area contributed by atoms with Gasteiger partial charge in [-0.1, -0.05) is 26.0 Å². The average Bonchev–Trinajstić information content (AvgIpc) is 2.78. The minimum Gasteiger partial charge on any atom is -0.356 e. The highest BCUT2D eigenvalue weighted by Crippen LogP contribution is 2.23. The fraction of sp³-hybridized carbons (Fsp3) is 0.562. The van der Waals surface area contributed by atoms with E-state index in [0.29, 0.717) is 24.6 Å². The number of rotatable bonds is 6. The standard InChI is InChI=1S/C16H23NO3S2/c1-12(2)21-15-5-3-13(4-6-15)9-16(18)17-10-14-7-8-22(19,20)11-14/h3-6,12,14H,7-11H2,1-2H3,(H,17,18). The number of hydrogen-bond donors (Lipinski definition) is 1. The first-order chi connectivity index (χ1) is 10.3. The highest BCUT2D eigenvalue weighted by molar-refractivity contribution is 7.99. The highest BCUT2D eigenvalue weighted by atomic mass is 32.2. The molecule has 1 unspecified atom stereocenters. The van der Waals surface area contributed by atoms with Crippen LogP contribution in [0.25, 0.3) is 0 Å². The summed E-state index contributed by atoms with van der Waals surface area (Å²) in [4.78, 5) is 13.1. The molecule has 2 rings (SSSR count). The van der Waals surface area contributed by atoms with Crippen molar-refractivity contribution in [3.8, 4) is 0 Å². The Morgan fingerprint density at radius 1 is 1.32 bits per heavy atom. The Bertz CT molecular complexity index is 609. The summed E-state index contributed by atoms with van der Waals surface area (Å²) >= 11 is 1.80. The molecule has 1 atom stereocenters. The monoisotopic (exact) mass is 341 g/mol. The molecule has 1 aliphatic heterocycles. The molecule has 4 nitrogen and oxygen atoms in total. The topological polar surface area (TPSA) is 63.2 Å². The van der Waals surface area contributed by atoms with Gasteiger partial charge < -0.3 is 5.32 Å². The first kappa shape index (κ1) is 17.3. The van der Waals surface area contributed by atoms with Crippen LogP contribution >= 0.6 is 11.8 Å². The van der Waals surface area contributed by atoms with Crippen LogP contribution in [0.1, 0.15) is 25.8 Å². The molecule has 0 bridgehead atoms. The van der Waals surface area contributed by atoms with Crippen molar-refractivity contribution >= 4 is 27.5 Å². The summed E-state index contributed by atoms with van der Waals surface area (Å²) in [7, 11) is -2.87. The van der Waals surface area contributed by atoms with E-state index in [9.17, 15) is 13.2 Å². The van der Waals surface area contributed by atoms with Gasteiger partial charge in [0.25, 0.3) is 0 Å². The lowest BCUT2D eigenvalue weighted by atomic mass is 10.1. The minimum atomic E-state index is -2.87. The summed E-state index contributed by atoms with van der Waals surface area (Å²) < 4.78 is 22.7. The third kappa shape index (κ3) is 5.65. The van der Waals surface area contributed by atoms with E-state index in [1.165, 1.54) is 4.90 Å². The van der Waals surface area contributed by atoms with Crippen LogP contribution in [0.5, 0.6) is 0 Å². The van der Waals surface area contributed by atoms with Crippen molar-refractivity contribution in [2.24, 2.45) is 5.92 Å². The first-order valence-corrected chi connectivity index (χ1v) is 10.3. The zero-order valence-corrected chi connectivity index (χ0v) is 14.7. The van der Waals surface area contributed by atoms with Crippen LogP contribution in [0.3, 0.4) is 0 Å². The van der Waals surface area contributed by atoms with Crippen LogP contribution < -0.4 is 5.32 Å². The molecular formula is C16H23NO3S2. The molecule has 0 saturated carbocycles. The SMILES string of the molecule is CC(C)Sc1ccc(CC(=O)NCC2CCS(=O)(=O)C2)cc1. The van der Waals surface area contributed by atoms with Gasteiger partial charge in [0.2, 0.25) is 5.91 Å². The number of thioether (sulfide) groups is 1. The summed E-state index contributed by atoms with van der Waals surface area (Å²) in [6, 6.07) is 8.03. The van der Waals surface area contributed by atoms with Gasteiger partial charge in [-0.3, -0.25) is 4.79 Å². The predicted molar refractivity (Wildman–Crippen MR) is 90.9 cm³/mol. The fourth-order valence-corrected chi connectivity index (χ4v) is 5.20. The summed E-state index contributed by atoms with van der Waals surface area (Å²) in [5.74, 6) is 0.476. The Balaban J connectivity index is 1.77. The minimum absolute atomic E-state index is 0.0476. The molecular weight excluding hydrogens is 318 g/mol. The van der Waals surface area contributed by atoms with E-state index < -0.39 is 9.84 Å². The molecule has 1 heterocycles. The van der Waals surface area contributed by atoms with E-state index in [2.05, 4.69) is 19.2 Å². The molecule has 1 N–H and O–H groups in total. The number of benzene rings is 1. The van der Waals surface area contributed by atoms with Gasteiger partial charge in [0, 0.05) is 16.7 Å². The van der Waals surface area contributed by atoms with Crippen LogP contribution in [-0.4, -0.2) is 37.6 Å². The largest absolute Gasteiger partial charge is 0.356 e. The van der Waals surface area contributed by atoms with Crippen LogP contribution in [0.4, 0.5) is 0 Å². The van der Waals surface area contributed by atoms with Crippen molar-refractivity contribution in [1.29, 1.82) is 0 Å². The quantitative estimate of drug-likeness (QED) is 0.806. The fourth-order valence-electron chi connectivity index (χ4n) is 2.50. The van der Waals surface area contributed by atoms with Crippen LogP contribution in [0.15, 0.2) is 29.2 Å². The molecule has 122 valence electrons. The van der Waals surface area contributed by atoms with E-state index in [1.807, 2.05) is 24.3 Å². The molecule has 1 amide bonds. The Hall–Kier alpha value is -1.01. The lowest BCUT2D eigenvalue weighted by molar-refractivity contribution is -0.120. The number of nitrogens with one attached hydrogen (secondary N) is 1. The number of hydrogen-bond acceptors (Lipinski definition) is 4. The second-order valence-electron chi connectivity index (χ2n) is 6.06. The summed E-state index contributed by atoms with van der Waals surface area (Å²) in [5, 5.41) is 3.39. The predicted octanol–water partition coefficient (Wildman–Crippen LogP) is 2.28. The smallest absolute Gasteiger partial charge is 0.224 e. The Kier molecular flexibility index (Phi) is 5.92. The van der Waals surface area contributed by atoms with E-state index >= 15 is 0 Å². The molecule has 0 radical (unpaired) electrons. The second-order valence-corrected chi connectivity index (χ2v) is 9.94. The number of amides is 1. The van der Waals surface area contributed by atoms with Crippen LogP contribution in [-0.2, 0) is 21.1 Å². The maximum absolute atomic E-state index is 11.9. The van der Waals surface area contributed by atoms with Gasteiger partial charge in [-0.05, 0) is 30.0 Å². The lowest BCUT2D eigenvalue weighted by Crippen LogP contribution is -2.30. The lowest BCUT2D eigenvalue weighted by Gasteiger charge is -2.10. The van der Waals surface area contributed by atoms with Gasteiger partial charge in [-0.2, -0.15) is 0 Å². The summed E-state index contributed by atoms with van der Waals surface area (Å²) in [5.41, 5.74) is 0.977. The molecule has 1 aromatic rings. The zero-order valence-electron chi connectivity index (χ0n) is 13.0. The van der Waals surface area contributed by atoms with Crippen molar-refractivity contribution in [2.75, 3.05) is 18.1 Å². The van der Waals surface area contributed by atoms with Crippen molar-refractivity contribution in [1.82, 2.24) is 5.32 Å². The molecule has 0 spiro atoms. The molecule has 22 heavy (non-hydrogen) atoms. The third-order valence-corrected chi connectivity index (χ3v) is 6.43. The van der Waals surface area contributed by atoms with Crippen molar-refractivity contribution in [2.45, 2.75) is 36.8 Å². The Morgan fingerprint density at radius 2 is 2.00 bits per heavy atom. The van der Waals surface area contributed by atoms with E-state index in [1.54, 1.807) is 11.8 Å². The Labute approximate surface area is 137 Å². The first-order valence-electron chi connectivity index (χ1n) is 7.57. The molecule has 6 heteroatoms. The van der Waals surface area contributed by atoms with Gasteiger partial charge >= 0.3 is 0 Å². The average molecular weight is 341 g/mol. The van der Waals surface area contributed by atoms with Gasteiger partial charge in [-0.15, -0.1) is 11.8 Å². The highest BCUT2D eigenvalue weighted by Gasteiger charge is 2.27. The zero-order chi connectivity index (χ0) is 16.2. The number of carbonyl (C=O) groups excluding carboxylic acids is 1. The van der Waals surface area contributed by atoms with Gasteiger partial charge in [0.05, 0.1) is 17.9 Å². The summed E-state index contributed by atoms with van der Waals surface area (Å²) in [6.45, 7) is 4.75. The Morgan fingerprint density at radius 3 is 2.55 bits per heavy atom. The molecule has 1 aliphatic rings. The van der Waals surface area contributed by atoms with E-state index in [0.717, 1.165) is 5.56 Å². The van der Waals surface area contributed by atoms with Crippen molar-refractivity contribution in [3.05, 3.63) is 29.8 Å². The van der Waals surface area contributed by atoms with Crippen molar-refractivity contribution < 1.29 is 13.2 Å². The molecule has 0 aromatic heterocycles. The van der Waals surface area contributed by atoms with Crippen molar-refractivity contribution in [3.63, 3.8) is 0 Å². The van der Waals surface area contributed by atoms with E-state index in [4.69, 9.17) is 0 Å². The molecule has 1 aromatic carbocycles. The summed E-state index contributed by atoms with van der Waals surface area (Å²) in [6.07, 6.45) is 0.996. The van der Waals surface area contributed by atoms with E-state index in [-0.39, 0.29) is 23.3 Å². The molecule has 0 aliphatic carbocycles. The third-order valence-electron chi connectivity index (χ3n) is 3.57. The van der Waals surface area contributed by atoms with Crippen LogP contribution in [0, 0.1) is 5.92 Å². The van der Waals surface area contributed by atoms with Gasteiger partial charge in [0.1, 0.15) is 0 Å². The molecule has 1 saturated heterocycles. The van der Waals surface area contributed by atoms with Gasteiger partial charge in [-0.25, -0.2) is 8.42 Å². The van der Waals surface area contributed by atoms with Gasteiger partial charge in [0.15, 0.2) is 9.84 Å². The van der Waals surface area contributed by atoms with Crippen LogP contribution in [0.2, 0.25) is 0 Å². The maximum atomic E-state index is 11.9. The maximum Gasteiger partial charge on any atom is 0.224 e. The number of carbonyl (C=O) groups is 1.